The Morgan fingerprint density at radius 2 is 1.76 bits per heavy atom. The van der Waals surface area contributed by atoms with E-state index in [1.807, 2.05) is 30.3 Å². The third-order valence-corrected chi connectivity index (χ3v) is 6.15. The number of hydrogen-bond acceptors (Lipinski definition) is 4. The number of aromatic nitrogens is 1. The van der Waals surface area contributed by atoms with Gasteiger partial charge in [-0.25, -0.2) is 4.98 Å². The minimum absolute atomic E-state index is 0.172. The standard InChI is InChI=1S/C23H27ClN2O3/c24-17-11-9-15(10-12-17)19-13-16(14-25-23(19)29-18-5-1-2-6-18)22(28)26-20-7-3-4-8-21(20)27/h9-14,18,20-21,27H,1-8H2,(H,26,28)/t20?,21-/m1/s1. The summed E-state index contributed by atoms with van der Waals surface area (Å²) in [5.41, 5.74) is 2.15. The van der Waals surface area contributed by atoms with E-state index in [1.54, 1.807) is 6.20 Å². The van der Waals surface area contributed by atoms with Gasteiger partial charge < -0.3 is 15.2 Å². The lowest BCUT2D eigenvalue weighted by Crippen LogP contribution is -2.45. The van der Waals surface area contributed by atoms with E-state index >= 15 is 0 Å². The van der Waals surface area contributed by atoms with Gasteiger partial charge >= 0.3 is 0 Å². The zero-order valence-corrected chi connectivity index (χ0v) is 17.2. The molecular formula is C23H27ClN2O3. The monoisotopic (exact) mass is 414 g/mol. The maximum atomic E-state index is 12.8. The maximum absolute atomic E-state index is 12.8. The Kier molecular flexibility index (Phi) is 6.36. The molecule has 2 N–H and O–H groups in total. The summed E-state index contributed by atoms with van der Waals surface area (Å²) in [6.07, 6.45) is 9.21. The summed E-state index contributed by atoms with van der Waals surface area (Å²) >= 11 is 6.05. The van der Waals surface area contributed by atoms with Gasteiger partial charge in [-0.2, -0.15) is 0 Å². The Labute approximate surface area is 176 Å². The molecule has 0 bridgehead atoms. The van der Waals surface area contributed by atoms with E-state index < -0.39 is 6.10 Å². The second-order valence-corrected chi connectivity index (χ2v) is 8.48. The molecule has 4 rings (SSSR count). The normalized spacial score (nSPS) is 22.4. The van der Waals surface area contributed by atoms with E-state index in [4.69, 9.17) is 16.3 Å². The molecular weight excluding hydrogens is 388 g/mol. The molecule has 1 aromatic carbocycles. The number of nitrogens with zero attached hydrogens (tertiary/aromatic N) is 1. The van der Waals surface area contributed by atoms with Crippen molar-refractivity contribution in [2.24, 2.45) is 0 Å². The topological polar surface area (TPSA) is 71.5 Å². The number of carbonyl (C=O) groups is 1. The van der Waals surface area contributed by atoms with Gasteiger partial charge in [0.25, 0.3) is 5.91 Å². The summed E-state index contributed by atoms with van der Waals surface area (Å²) in [5.74, 6) is 0.333. The van der Waals surface area contributed by atoms with Crippen LogP contribution in [-0.4, -0.2) is 34.2 Å². The SMILES string of the molecule is O=C(NC1CCCC[C@H]1O)c1cnc(OC2CCCC2)c(-c2ccc(Cl)cc2)c1. The van der Waals surface area contributed by atoms with Gasteiger partial charge in [-0.1, -0.05) is 36.6 Å². The van der Waals surface area contributed by atoms with Crippen LogP contribution in [0.3, 0.4) is 0 Å². The van der Waals surface area contributed by atoms with E-state index in [9.17, 15) is 9.90 Å². The molecule has 1 amide bonds. The van der Waals surface area contributed by atoms with Crippen molar-refractivity contribution < 1.29 is 14.6 Å². The molecule has 0 saturated heterocycles. The predicted molar refractivity (Wildman–Crippen MR) is 113 cm³/mol. The van der Waals surface area contributed by atoms with Gasteiger partial charge in [0.2, 0.25) is 5.88 Å². The van der Waals surface area contributed by atoms with Crippen molar-refractivity contribution in [2.75, 3.05) is 0 Å². The van der Waals surface area contributed by atoms with Gasteiger partial charge in [0.05, 0.1) is 17.7 Å². The molecule has 29 heavy (non-hydrogen) atoms. The number of ether oxygens (including phenoxy) is 1. The fourth-order valence-electron chi connectivity index (χ4n) is 4.20. The Bertz CT molecular complexity index is 850. The highest BCUT2D eigenvalue weighted by atomic mass is 35.5. The fourth-order valence-corrected chi connectivity index (χ4v) is 4.33. The highest BCUT2D eigenvalue weighted by molar-refractivity contribution is 6.30. The molecule has 2 fully saturated rings. The summed E-state index contributed by atoms with van der Waals surface area (Å²) in [5, 5.41) is 13.8. The van der Waals surface area contributed by atoms with Gasteiger partial charge in [0.15, 0.2) is 0 Å². The average Bonchev–Trinajstić information content (AvgIpc) is 3.24. The molecule has 2 atom stereocenters. The molecule has 2 aliphatic carbocycles. The molecule has 1 aromatic heterocycles. The van der Waals surface area contributed by atoms with Crippen LogP contribution in [0.2, 0.25) is 5.02 Å². The zero-order chi connectivity index (χ0) is 20.2. The average molecular weight is 415 g/mol. The number of carbonyl (C=O) groups excluding carboxylic acids is 1. The quantitative estimate of drug-likeness (QED) is 0.740. The molecule has 1 heterocycles. The minimum Gasteiger partial charge on any atom is -0.474 e. The highest BCUT2D eigenvalue weighted by Gasteiger charge is 2.26. The minimum atomic E-state index is -0.485. The first-order valence-electron chi connectivity index (χ1n) is 10.5. The molecule has 0 spiro atoms. The number of nitrogens with one attached hydrogen (secondary N) is 1. The van der Waals surface area contributed by atoms with Crippen LogP contribution in [0, 0.1) is 0 Å². The Morgan fingerprint density at radius 3 is 2.48 bits per heavy atom. The number of pyridine rings is 1. The number of aliphatic hydroxyl groups excluding tert-OH is 1. The second kappa shape index (κ2) is 9.14. The first-order chi connectivity index (χ1) is 14.1. The van der Waals surface area contributed by atoms with Crippen molar-refractivity contribution in [1.29, 1.82) is 0 Å². The molecule has 0 radical (unpaired) electrons. The van der Waals surface area contributed by atoms with Crippen molar-refractivity contribution in [3.63, 3.8) is 0 Å². The van der Waals surface area contributed by atoms with Crippen LogP contribution in [0.25, 0.3) is 11.1 Å². The van der Waals surface area contributed by atoms with Gasteiger partial charge in [-0.05, 0) is 62.3 Å². The van der Waals surface area contributed by atoms with Crippen LogP contribution < -0.4 is 10.1 Å². The lowest BCUT2D eigenvalue weighted by Gasteiger charge is -2.28. The van der Waals surface area contributed by atoms with Crippen LogP contribution in [0.1, 0.15) is 61.7 Å². The van der Waals surface area contributed by atoms with Crippen LogP contribution in [-0.2, 0) is 0 Å². The molecule has 154 valence electrons. The predicted octanol–water partition coefficient (Wildman–Crippen LogP) is 4.76. The largest absolute Gasteiger partial charge is 0.474 e. The second-order valence-electron chi connectivity index (χ2n) is 8.04. The van der Waals surface area contributed by atoms with E-state index in [2.05, 4.69) is 10.3 Å². The lowest BCUT2D eigenvalue weighted by molar-refractivity contribution is 0.0717. The summed E-state index contributed by atoms with van der Waals surface area (Å²) in [6.45, 7) is 0. The van der Waals surface area contributed by atoms with Gasteiger partial charge in [0, 0.05) is 16.8 Å². The molecule has 2 aliphatic rings. The first-order valence-corrected chi connectivity index (χ1v) is 10.9. The summed E-state index contributed by atoms with van der Waals surface area (Å²) in [7, 11) is 0. The fraction of sp³-hybridized carbons (Fsp3) is 0.478. The number of aliphatic hydroxyl groups is 1. The lowest BCUT2D eigenvalue weighted by atomic mass is 9.92. The van der Waals surface area contributed by atoms with Crippen molar-refractivity contribution >= 4 is 17.5 Å². The Morgan fingerprint density at radius 1 is 1.07 bits per heavy atom. The van der Waals surface area contributed by atoms with Crippen molar-refractivity contribution in [3.05, 3.63) is 47.1 Å². The summed E-state index contributed by atoms with van der Waals surface area (Å²) in [6, 6.07) is 9.08. The van der Waals surface area contributed by atoms with Crippen molar-refractivity contribution in [1.82, 2.24) is 10.3 Å². The summed E-state index contributed by atoms with van der Waals surface area (Å²) < 4.78 is 6.18. The van der Waals surface area contributed by atoms with Gasteiger partial charge in [0.1, 0.15) is 6.10 Å². The van der Waals surface area contributed by atoms with Gasteiger partial charge in [-0.15, -0.1) is 0 Å². The zero-order valence-electron chi connectivity index (χ0n) is 16.4. The smallest absolute Gasteiger partial charge is 0.253 e. The highest BCUT2D eigenvalue weighted by Crippen LogP contribution is 2.33. The molecule has 1 unspecified atom stereocenters. The summed E-state index contributed by atoms with van der Waals surface area (Å²) in [4.78, 5) is 17.3. The van der Waals surface area contributed by atoms with Crippen LogP contribution in [0.5, 0.6) is 5.88 Å². The molecule has 0 aliphatic heterocycles. The molecule has 5 nitrogen and oxygen atoms in total. The van der Waals surface area contributed by atoms with Crippen molar-refractivity contribution in [3.8, 4) is 17.0 Å². The third-order valence-electron chi connectivity index (χ3n) is 5.90. The Hall–Kier alpha value is -2.11. The number of benzene rings is 1. The number of halogens is 1. The van der Waals surface area contributed by atoms with Crippen LogP contribution in [0.15, 0.2) is 36.5 Å². The molecule has 6 heteroatoms. The van der Waals surface area contributed by atoms with E-state index in [-0.39, 0.29) is 18.1 Å². The third kappa shape index (κ3) is 4.90. The van der Waals surface area contributed by atoms with Crippen LogP contribution in [0.4, 0.5) is 0 Å². The van der Waals surface area contributed by atoms with E-state index in [1.165, 1.54) is 12.8 Å². The maximum Gasteiger partial charge on any atom is 0.253 e. The van der Waals surface area contributed by atoms with Crippen molar-refractivity contribution in [2.45, 2.75) is 69.6 Å². The number of hydrogen-bond donors (Lipinski definition) is 2. The molecule has 2 aromatic rings. The van der Waals surface area contributed by atoms with Gasteiger partial charge in [-0.3, -0.25) is 4.79 Å². The molecule has 2 saturated carbocycles. The van der Waals surface area contributed by atoms with Crippen LogP contribution >= 0.6 is 11.6 Å². The first kappa shape index (κ1) is 20.2. The number of amides is 1. The van der Waals surface area contributed by atoms with E-state index in [0.717, 1.165) is 49.7 Å². The number of rotatable bonds is 5. The Balaban J connectivity index is 1.60. The van der Waals surface area contributed by atoms with E-state index in [0.29, 0.717) is 16.5 Å².